The number of nitriles is 1. The molecular weight excluding hydrogens is 815 g/mol. The second-order valence-corrected chi connectivity index (χ2v) is 17.0. The van der Waals surface area contributed by atoms with E-state index < -0.39 is 0 Å². The number of hydrogen-bond donors (Lipinski definition) is 0. The molecule has 13 aromatic rings. The molecule has 10 aromatic carbocycles. The minimum Gasteiger partial charge on any atom is -0.309 e. The van der Waals surface area contributed by atoms with Gasteiger partial charge in [0.2, 0.25) is 0 Å². The summed E-state index contributed by atoms with van der Waals surface area (Å²) < 4.78 is 7.26. The molecule has 0 unspecified atom stereocenters. The highest BCUT2D eigenvalue weighted by Gasteiger charge is 2.26. The van der Waals surface area contributed by atoms with Gasteiger partial charge < -0.3 is 13.7 Å². The zero-order valence-electron chi connectivity index (χ0n) is 36.1. The quantitative estimate of drug-likeness (QED) is 0.154. The average Bonchev–Trinajstić information content (AvgIpc) is 4.04. The van der Waals surface area contributed by atoms with Gasteiger partial charge in [-0.3, -0.25) is 0 Å². The molecule has 5 heteroatoms. The maximum absolute atomic E-state index is 10.6. The number of rotatable bonds is 6. The Kier molecular flexibility index (Phi) is 8.58. The van der Waals surface area contributed by atoms with Crippen LogP contribution in [0.15, 0.2) is 224 Å². The van der Waals surface area contributed by atoms with E-state index in [0.717, 1.165) is 99.5 Å². The molecule has 0 spiro atoms. The van der Waals surface area contributed by atoms with Crippen LogP contribution in [0.2, 0.25) is 0 Å². The largest absolute Gasteiger partial charge is 0.309 e. The molecule has 0 amide bonds. The predicted octanol–water partition coefficient (Wildman–Crippen LogP) is 16.4. The molecule has 0 saturated carbocycles. The van der Waals surface area contributed by atoms with E-state index in [1.807, 2.05) is 24.3 Å². The number of hydrogen-bond acceptors (Lipinski definition) is 1. The summed E-state index contributed by atoms with van der Waals surface area (Å²) in [6.07, 6.45) is 0. The molecule has 0 saturated heterocycles. The van der Waals surface area contributed by atoms with Gasteiger partial charge in [0, 0.05) is 60.4 Å². The van der Waals surface area contributed by atoms with Crippen molar-refractivity contribution >= 4 is 71.1 Å². The first-order chi connectivity index (χ1) is 33.2. The van der Waals surface area contributed by atoms with E-state index in [4.69, 9.17) is 6.57 Å². The molecular formula is C62H37N5. The highest BCUT2D eigenvalue weighted by Crippen LogP contribution is 2.48. The van der Waals surface area contributed by atoms with Gasteiger partial charge in [-0.05, 0) is 95.1 Å². The fourth-order valence-electron chi connectivity index (χ4n) is 10.7. The zero-order valence-corrected chi connectivity index (χ0v) is 36.1. The SMILES string of the molecule is [C-]#[N+]c1cccc(C#N)c1-c1cc(-c2ccccc2)c(-n2c3ccc(-n4c5ccccc5c5ccccc54)cc3c3ccc4c(c5ccccc5n4-c4ccccc4)c32)cc1-c1ccccc1. The summed E-state index contributed by atoms with van der Waals surface area (Å²) in [5.41, 5.74) is 16.2. The second kappa shape index (κ2) is 15.1. The Labute approximate surface area is 386 Å². The fourth-order valence-corrected chi connectivity index (χ4v) is 10.7. The van der Waals surface area contributed by atoms with Crippen LogP contribution >= 0.6 is 0 Å². The van der Waals surface area contributed by atoms with Crippen LogP contribution in [0.25, 0.3) is 121 Å². The van der Waals surface area contributed by atoms with Gasteiger partial charge in [-0.25, -0.2) is 4.85 Å². The van der Waals surface area contributed by atoms with Gasteiger partial charge in [-0.2, -0.15) is 5.26 Å². The molecule has 5 nitrogen and oxygen atoms in total. The van der Waals surface area contributed by atoms with Crippen LogP contribution in [-0.4, -0.2) is 13.7 Å². The summed E-state index contributed by atoms with van der Waals surface area (Å²) in [5.74, 6) is 0. The Morgan fingerprint density at radius 2 is 0.940 bits per heavy atom. The summed E-state index contributed by atoms with van der Waals surface area (Å²) in [6, 6.07) is 81.5. The molecule has 0 bridgehead atoms. The van der Waals surface area contributed by atoms with Crippen LogP contribution in [0.1, 0.15) is 5.56 Å². The van der Waals surface area contributed by atoms with E-state index >= 15 is 0 Å². The Morgan fingerprint density at radius 1 is 0.388 bits per heavy atom. The summed E-state index contributed by atoms with van der Waals surface area (Å²) >= 11 is 0. The molecule has 67 heavy (non-hydrogen) atoms. The third-order valence-electron chi connectivity index (χ3n) is 13.5. The van der Waals surface area contributed by atoms with Gasteiger partial charge in [-0.15, -0.1) is 0 Å². The number of benzene rings is 10. The van der Waals surface area contributed by atoms with E-state index in [0.29, 0.717) is 16.8 Å². The second-order valence-electron chi connectivity index (χ2n) is 17.0. The number of para-hydroxylation sites is 4. The molecule has 0 radical (unpaired) electrons. The topological polar surface area (TPSA) is 42.9 Å². The van der Waals surface area contributed by atoms with Crippen molar-refractivity contribution in [1.29, 1.82) is 5.26 Å². The van der Waals surface area contributed by atoms with Crippen molar-refractivity contribution in [2.45, 2.75) is 0 Å². The molecule has 0 aliphatic heterocycles. The Hall–Kier alpha value is -9.42. The van der Waals surface area contributed by atoms with Crippen molar-refractivity contribution in [3.63, 3.8) is 0 Å². The first-order valence-electron chi connectivity index (χ1n) is 22.4. The summed E-state index contributed by atoms with van der Waals surface area (Å²) in [5, 5.41) is 17.6. The van der Waals surface area contributed by atoms with Gasteiger partial charge in [0.05, 0.1) is 51.4 Å². The first kappa shape index (κ1) is 38.1. The highest BCUT2D eigenvalue weighted by molar-refractivity contribution is 6.26. The standard InChI is InChI=1S/C62H37N5/c1-64-53-28-17-22-42(39-63)60(53)52-37-50(41-20-7-3-8-21-41)59(38-49(52)40-18-5-2-6-19-40)67-57-34-32-44(66-54-29-14-11-25-45(54)46-26-12-15-30-55(46)66)36-51(57)47-33-35-58-61(62(47)67)48-27-13-16-31-56(48)65(58)43-23-9-4-10-24-43/h2-38H. The molecule has 13 rings (SSSR count). The van der Waals surface area contributed by atoms with E-state index in [-0.39, 0.29) is 0 Å². The van der Waals surface area contributed by atoms with Crippen LogP contribution in [0, 0.1) is 17.9 Å². The lowest BCUT2D eigenvalue weighted by atomic mass is 9.87. The van der Waals surface area contributed by atoms with Crippen molar-refractivity contribution in [2.75, 3.05) is 0 Å². The van der Waals surface area contributed by atoms with Crippen molar-refractivity contribution < 1.29 is 0 Å². The van der Waals surface area contributed by atoms with Crippen molar-refractivity contribution in [3.8, 4) is 56.5 Å². The van der Waals surface area contributed by atoms with Crippen LogP contribution in [0.4, 0.5) is 5.69 Å². The summed E-state index contributed by atoms with van der Waals surface area (Å²) in [6.45, 7) is 8.31. The van der Waals surface area contributed by atoms with Gasteiger partial charge in [0.15, 0.2) is 5.69 Å². The van der Waals surface area contributed by atoms with Crippen LogP contribution in [-0.2, 0) is 0 Å². The molecule has 0 aliphatic carbocycles. The Bertz CT molecular complexity index is 4130. The molecule has 0 fully saturated rings. The van der Waals surface area contributed by atoms with Gasteiger partial charge >= 0.3 is 0 Å². The minimum absolute atomic E-state index is 0.438. The summed E-state index contributed by atoms with van der Waals surface area (Å²) in [7, 11) is 0. The van der Waals surface area contributed by atoms with Crippen LogP contribution in [0.3, 0.4) is 0 Å². The van der Waals surface area contributed by atoms with Crippen molar-refractivity contribution in [2.24, 2.45) is 0 Å². The maximum atomic E-state index is 10.6. The van der Waals surface area contributed by atoms with E-state index in [1.54, 1.807) is 6.07 Å². The van der Waals surface area contributed by atoms with Gasteiger partial charge in [-0.1, -0.05) is 152 Å². The maximum Gasteiger partial charge on any atom is 0.196 e. The van der Waals surface area contributed by atoms with E-state index in [9.17, 15) is 5.26 Å². The third-order valence-corrected chi connectivity index (χ3v) is 13.5. The third kappa shape index (κ3) is 5.73. The smallest absolute Gasteiger partial charge is 0.196 e. The lowest BCUT2D eigenvalue weighted by molar-refractivity contribution is 1.17. The van der Waals surface area contributed by atoms with Gasteiger partial charge in [0.1, 0.15) is 0 Å². The highest BCUT2D eigenvalue weighted by atomic mass is 15.0. The summed E-state index contributed by atoms with van der Waals surface area (Å²) in [4.78, 5) is 3.99. The monoisotopic (exact) mass is 851 g/mol. The molecule has 0 atom stereocenters. The van der Waals surface area contributed by atoms with Crippen molar-refractivity contribution in [1.82, 2.24) is 13.7 Å². The first-order valence-corrected chi connectivity index (χ1v) is 22.4. The minimum atomic E-state index is 0.438. The predicted molar refractivity (Wildman–Crippen MR) is 277 cm³/mol. The lowest BCUT2D eigenvalue weighted by Crippen LogP contribution is -2.01. The number of aromatic nitrogens is 3. The zero-order chi connectivity index (χ0) is 44.6. The molecule has 310 valence electrons. The normalized spacial score (nSPS) is 11.6. The van der Waals surface area contributed by atoms with E-state index in [1.165, 1.54) is 10.8 Å². The van der Waals surface area contributed by atoms with Crippen LogP contribution < -0.4 is 0 Å². The Morgan fingerprint density at radius 3 is 1.60 bits per heavy atom. The van der Waals surface area contributed by atoms with Crippen LogP contribution in [0.5, 0.6) is 0 Å². The Balaban J connectivity index is 1.23. The molecule has 3 aromatic heterocycles. The van der Waals surface area contributed by atoms with Gasteiger partial charge in [0.25, 0.3) is 0 Å². The lowest BCUT2D eigenvalue weighted by Gasteiger charge is -2.21. The fraction of sp³-hybridized carbons (Fsp3) is 0. The molecule has 0 aliphatic rings. The molecule has 3 heterocycles. The number of nitrogens with zero attached hydrogens (tertiary/aromatic N) is 5. The van der Waals surface area contributed by atoms with Crippen molar-refractivity contribution in [3.05, 3.63) is 241 Å². The average molecular weight is 852 g/mol. The molecule has 0 N–H and O–H groups in total. The van der Waals surface area contributed by atoms with E-state index in [2.05, 4.69) is 219 Å². The number of fused-ring (bicyclic) bond motifs is 10.